The fourth-order valence-electron chi connectivity index (χ4n) is 0.724. The highest BCUT2D eigenvalue weighted by molar-refractivity contribution is 5.83. The molecule has 0 aliphatic carbocycles. The predicted molar refractivity (Wildman–Crippen MR) is 43.8 cm³/mol. The minimum Gasteiger partial charge on any atom is -0.451 e. The highest BCUT2D eigenvalue weighted by Gasteiger charge is 2.16. The highest BCUT2D eigenvalue weighted by atomic mass is 16.6. The van der Waals surface area contributed by atoms with Gasteiger partial charge in [0.05, 0.1) is 0 Å². The Labute approximate surface area is 89.4 Å². The fraction of sp³-hybridized carbons (Fsp3) is 0.500. The van der Waals surface area contributed by atoms with Gasteiger partial charge in [-0.3, -0.25) is 0 Å². The van der Waals surface area contributed by atoms with Gasteiger partial charge in [-0.25, -0.2) is 19.2 Å². The van der Waals surface area contributed by atoms with Crippen LogP contribution in [0.2, 0.25) is 0 Å². The van der Waals surface area contributed by atoms with Crippen molar-refractivity contribution in [3.63, 3.8) is 0 Å². The number of hydrogen-bond acceptors (Lipinski definition) is 8. The summed E-state index contributed by atoms with van der Waals surface area (Å²) in [6.07, 6.45) is 0. The Hall–Kier alpha value is -2.12. The highest BCUT2D eigenvalue weighted by Crippen LogP contribution is 1.91. The molecule has 0 aromatic rings. The van der Waals surface area contributed by atoms with Gasteiger partial charge in [-0.2, -0.15) is 0 Å². The van der Waals surface area contributed by atoms with Gasteiger partial charge in [0, 0.05) is 0 Å². The lowest BCUT2D eigenvalue weighted by Crippen LogP contribution is -2.27. The first kappa shape index (κ1) is 12.0. The summed E-state index contributed by atoms with van der Waals surface area (Å²) in [7, 11) is 0. The van der Waals surface area contributed by atoms with Crippen molar-refractivity contribution in [2.75, 3.05) is 26.4 Å². The standard InChI is InChI=1S/C8H8O8/c9-5-1-13-6(10)2-15-8(12)4-16-7(11)3-14-5/h1-4H2. The number of esters is 4. The summed E-state index contributed by atoms with van der Waals surface area (Å²) in [6.45, 7) is -2.60. The molecule has 0 amide bonds. The van der Waals surface area contributed by atoms with Crippen LogP contribution in [0, 0.1) is 0 Å². The van der Waals surface area contributed by atoms with E-state index in [2.05, 4.69) is 18.9 Å². The molecule has 1 aliphatic rings. The van der Waals surface area contributed by atoms with E-state index in [-0.39, 0.29) is 0 Å². The maximum absolute atomic E-state index is 10.8. The summed E-state index contributed by atoms with van der Waals surface area (Å²) in [5.74, 6) is -3.57. The van der Waals surface area contributed by atoms with Gasteiger partial charge in [-0.1, -0.05) is 0 Å². The van der Waals surface area contributed by atoms with Gasteiger partial charge >= 0.3 is 23.9 Å². The maximum atomic E-state index is 10.8. The third kappa shape index (κ3) is 4.40. The first-order chi connectivity index (χ1) is 7.58. The van der Waals surface area contributed by atoms with Gasteiger partial charge < -0.3 is 18.9 Å². The van der Waals surface area contributed by atoms with Crippen molar-refractivity contribution in [2.45, 2.75) is 0 Å². The van der Waals surface area contributed by atoms with Crippen molar-refractivity contribution >= 4 is 23.9 Å². The molecule has 1 saturated heterocycles. The second kappa shape index (κ2) is 5.69. The Morgan fingerprint density at radius 3 is 0.875 bits per heavy atom. The van der Waals surface area contributed by atoms with Gasteiger partial charge in [0.25, 0.3) is 0 Å². The van der Waals surface area contributed by atoms with Crippen LogP contribution in [0.15, 0.2) is 0 Å². The number of cyclic esters (lactones) is 4. The van der Waals surface area contributed by atoms with Gasteiger partial charge in [-0.05, 0) is 0 Å². The van der Waals surface area contributed by atoms with Crippen LogP contribution in [-0.2, 0) is 38.1 Å². The molecule has 1 rings (SSSR count). The first-order valence-corrected chi connectivity index (χ1v) is 4.20. The van der Waals surface area contributed by atoms with Crippen molar-refractivity contribution in [1.82, 2.24) is 0 Å². The lowest BCUT2D eigenvalue weighted by Gasteiger charge is -2.09. The van der Waals surface area contributed by atoms with Crippen molar-refractivity contribution in [3.8, 4) is 0 Å². The van der Waals surface area contributed by atoms with Crippen molar-refractivity contribution in [2.24, 2.45) is 0 Å². The summed E-state index contributed by atoms with van der Waals surface area (Å²) >= 11 is 0. The molecule has 88 valence electrons. The average molecular weight is 232 g/mol. The average Bonchev–Trinajstić information content (AvgIpc) is 2.27. The van der Waals surface area contributed by atoms with E-state index in [0.29, 0.717) is 0 Å². The van der Waals surface area contributed by atoms with Gasteiger partial charge in [-0.15, -0.1) is 0 Å². The van der Waals surface area contributed by atoms with E-state index in [9.17, 15) is 19.2 Å². The van der Waals surface area contributed by atoms with Crippen LogP contribution in [0.4, 0.5) is 0 Å². The smallest absolute Gasteiger partial charge is 0.344 e. The number of rotatable bonds is 0. The first-order valence-electron chi connectivity index (χ1n) is 4.20. The second-order valence-corrected chi connectivity index (χ2v) is 2.64. The number of carbonyl (C=O) groups is 4. The molecule has 0 aromatic heterocycles. The van der Waals surface area contributed by atoms with Crippen LogP contribution in [0.1, 0.15) is 0 Å². The summed E-state index contributed by atoms with van der Waals surface area (Å²) in [5.41, 5.74) is 0. The molecule has 0 radical (unpaired) electrons. The molecule has 1 heterocycles. The van der Waals surface area contributed by atoms with Crippen LogP contribution in [0.25, 0.3) is 0 Å². The van der Waals surface area contributed by atoms with Crippen molar-refractivity contribution in [3.05, 3.63) is 0 Å². The van der Waals surface area contributed by atoms with E-state index in [1.54, 1.807) is 0 Å². The molecule has 16 heavy (non-hydrogen) atoms. The summed E-state index contributed by atoms with van der Waals surface area (Å²) in [6, 6.07) is 0. The Bertz CT molecular complexity index is 232. The van der Waals surface area contributed by atoms with Crippen LogP contribution >= 0.6 is 0 Å². The lowest BCUT2D eigenvalue weighted by molar-refractivity contribution is -0.174. The summed E-state index contributed by atoms with van der Waals surface area (Å²) in [4.78, 5) is 43.4. The molecule has 1 aliphatic heterocycles. The lowest BCUT2D eigenvalue weighted by atomic mass is 10.6. The van der Waals surface area contributed by atoms with Crippen LogP contribution in [0.3, 0.4) is 0 Å². The maximum Gasteiger partial charge on any atom is 0.344 e. The minimum atomic E-state index is -0.891. The van der Waals surface area contributed by atoms with Crippen LogP contribution in [-0.4, -0.2) is 50.3 Å². The number of carbonyl (C=O) groups excluding carboxylic acids is 4. The molecule has 0 atom stereocenters. The molecule has 0 saturated carbocycles. The van der Waals surface area contributed by atoms with E-state index >= 15 is 0 Å². The Morgan fingerprint density at radius 2 is 0.688 bits per heavy atom. The van der Waals surface area contributed by atoms with E-state index in [1.807, 2.05) is 0 Å². The monoisotopic (exact) mass is 232 g/mol. The third-order valence-electron chi connectivity index (χ3n) is 1.40. The molecule has 8 heteroatoms. The summed E-state index contributed by atoms with van der Waals surface area (Å²) in [5, 5.41) is 0. The zero-order chi connectivity index (χ0) is 12.0. The van der Waals surface area contributed by atoms with Gasteiger partial charge in [0.2, 0.25) is 0 Å². The fourth-order valence-corrected chi connectivity index (χ4v) is 0.724. The number of hydrogen-bond donors (Lipinski definition) is 0. The second-order valence-electron chi connectivity index (χ2n) is 2.64. The molecular formula is C8H8O8. The molecule has 8 nitrogen and oxygen atoms in total. The molecule has 0 bridgehead atoms. The van der Waals surface area contributed by atoms with Crippen molar-refractivity contribution in [1.29, 1.82) is 0 Å². The SMILES string of the molecule is O=C1COC(=O)COC(=O)COC(=O)CO1. The Kier molecular flexibility index (Phi) is 4.25. The van der Waals surface area contributed by atoms with E-state index < -0.39 is 50.3 Å². The molecular weight excluding hydrogens is 224 g/mol. The van der Waals surface area contributed by atoms with Crippen LogP contribution < -0.4 is 0 Å². The quantitative estimate of drug-likeness (QED) is 0.355. The molecule has 0 spiro atoms. The third-order valence-corrected chi connectivity index (χ3v) is 1.40. The zero-order valence-electron chi connectivity index (χ0n) is 8.09. The Morgan fingerprint density at radius 1 is 0.500 bits per heavy atom. The number of ether oxygens (including phenoxy) is 4. The molecule has 0 N–H and O–H groups in total. The molecule has 1 fully saturated rings. The van der Waals surface area contributed by atoms with E-state index in [4.69, 9.17) is 0 Å². The van der Waals surface area contributed by atoms with Gasteiger partial charge in [0.1, 0.15) is 0 Å². The van der Waals surface area contributed by atoms with Crippen LogP contribution in [0.5, 0.6) is 0 Å². The topological polar surface area (TPSA) is 105 Å². The molecule has 0 unspecified atom stereocenters. The van der Waals surface area contributed by atoms with E-state index in [0.717, 1.165) is 0 Å². The zero-order valence-corrected chi connectivity index (χ0v) is 8.09. The minimum absolute atomic E-state index is 0.649. The normalized spacial score (nSPS) is 19.5. The predicted octanol–water partition coefficient (Wildman–Crippen LogP) is -1.83. The Balaban J connectivity index is 2.52. The van der Waals surface area contributed by atoms with Gasteiger partial charge in [0.15, 0.2) is 26.4 Å². The largest absolute Gasteiger partial charge is 0.451 e. The molecule has 0 aromatic carbocycles. The summed E-state index contributed by atoms with van der Waals surface area (Å²) < 4.78 is 17.5. The van der Waals surface area contributed by atoms with Crippen molar-refractivity contribution < 1.29 is 38.1 Å². The van der Waals surface area contributed by atoms with E-state index in [1.165, 1.54) is 0 Å².